The summed E-state index contributed by atoms with van der Waals surface area (Å²) in [6.45, 7) is 4.81. The van der Waals surface area contributed by atoms with Crippen LogP contribution in [0.3, 0.4) is 0 Å². The van der Waals surface area contributed by atoms with Gasteiger partial charge >= 0.3 is 6.03 Å². The van der Waals surface area contributed by atoms with E-state index in [1.807, 2.05) is 41.1 Å². The highest BCUT2D eigenvalue weighted by molar-refractivity contribution is 5.99. The Morgan fingerprint density at radius 2 is 1.83 bits per heavy atom. The van der Waals surface area contributed by atoms with E-state index in [-0.39, 0.29) is 30.7 Å². The number of fused-ring (bicyclic) bond motifs is 2. The van der Waals surface area contributed by atoms with Crippen molar-refractivity contribution in [3.8, 4) is 11.5 Å². The number of carbonyl (C=O) groups excluding carboxylic acids is 2. The predicted octanol–water partition coefficient (Wildman–Crippen LogP) is 3.60. The fourth-order valence-electron chi connectivity index (χ4n) is 6.38. The van der Waals surface area contributed by atoms with Gasteiger partial charge in [0.2, 0.25) is 6.79 Å². The molecule has 0 radical (unpaired) electrons. The summed E-state index contributed by atoms with van der Waals surface area (Å²) in [7, 11) is 1.92. The number of likely N-dealkylation sites (tertiary alicyclic amines) is 1. The lowest BCUT2D eigenvalue weighted by molar-refractivity contribution is 0.0740. The minimum Gasteiger partial charge on any atom is -0.454 e. The summed E-state index contributed by atoms with van der Waals surface area (Å²) in [6.07, 6.45) is 3.96. The largest absolute Gasteiger partial charge is 0.454 e. The first-order chi connectivity index (χ1) is 17.6. The second kappa shape index (κ2) is 9.65. The number of likely N-dealkylation sites (N-methyl/N-ethyl adjacent to an activating group) is 1. The first-order valence-electron chi connectivity index (χ1n) is 13.1. The Labute approximate surface area is 212 Å². The lowest BCUT2D eigenvalue weighted by atomic mass is 9.84. The molecule has 0 saturated carbocycles. The van der Waals surface area contributed by atoms with Gasteiger partial charge in [-0.3, -0.25) is 4.79 Å². The Balaban J connectivity index is 1.20. The van der Waals surface area contributed by atoms with Crippen molar-refractivity contribution in [3.05, 3.63) is 59.2 Å². The minimum atomic E-state index is -0.0244. The maximum absolute atomic E-state index is 13.1. The first-order valence-corrected chi connectivity index (χ1v) is 13.1. The van der Waals surface area contributed by atoms with Gasteiger partial charge in [-0.2, -0.15) is 0 Å². The topological polar surface area (TPSA) is 74.4 Å². The number of hydrogen-bond acceptors (Lipinski definition) is 5. The third-order valence-corrected chi connectivity index (χ3v) is 8.32. The second-order valence-electron chi connectivity index (χ2n) is 10.3. The Hall–Kier alpha value is -3.26. The Morgan fingerprint density at radius 1 is 1.03 bits per heavy atom. The van der Waals surface area contributed by atoms with Crippen molar-refractivity contribution in [3.63, 3.8) is 0 Å². The summed E-state index contributed by atoms with van der Waals surface area (Å²) in [4.78, 5) is 31.8. The zero-order valence-electron chi connectivity index (χ0n) is 20.8. The van der Waals surface area contributed by atoms with E-state index in [4.69, 9.17) is 9.47 Å². The molecule has 8 nitrogen and oxygen atoms in total. The molecule has 36 heavy (non-hydrogen) atoms. The summed E-state index contributed by atoms with van der Waals surface area (Å²) < 4.78 is 11.2. The van der Waals surface area contributed by atoms with E-state index in [1.54, 1.807) is 0 Å². The first kappa shape index (κ1) is 23.2. The van der Waals surface area contributed by atoms with E-state index in [0.29, 0.717) is 6.04 Å². The molecule has 0 spiro atoms. The highest BCUT2D eigenvalue weighted by atomic mass is 16.7. The van der Waals surface area contributed by atoms with E-state index in [9.17, 15) is 9.59 Å². The number of nitrogens with one attached hydrogen (secondary N) is 1. The molecular weight excluding hydrogens is 456 g/mol. The summed E-state index contributed by atoms with van der Waals surface area (Å²) in [6, 6.07) is 14.6. The molecule has 2 fully saturated rings. The number of amides is 3. The Morgan fingerprint density at radius 3 is 2.67 bits per heavy atom. The van der Waals surface area contributed by atoms with Crippen LogP contribution in [0.5, 0.6) is 11.5 Å². The molecule has 2 saturated heterocycles. The SMILES string of the molecule is CN1C(=O)c2ccccc2C1C(CCN1CCC(N2CCCNC2=O)CC1)c1ccc2c(c1)OCO2. The van der Waals surface area contributed by atoms with Crippen molar-refractivity contribution in [1.82, 2.24) is 20.0 Å². The number of benzene rings is 2. The smallest absolute Gasteiger partial charge is 0.317 e. The van der Waals surface area contributed by atoms with Crippen LogP contribution >= 0.6 is 0 Å². The van der Waals surface area contributed by atoms with Gasteiger partial charge in [0.15, 0.2) is 11.5 Å². The van der Waals surface area contributed by atoms with Crippen LogP contribution in [0.4, 0.5) is 4.79 Å². The monoisotopic (exact) mass is 490 g/mol. The quantitative estimate of drug-likeness (QED) is 0.670. The molecule has 4 aliphatic rings. The van der Waals surface area contributed by atoms with E-state index < -0.39 is 0 Å². The van der Waals surface area contributed by atoms with E-state index >= 15 is 0 Å². The summed E-state index contributed by atoms with van der Waals surface area (Å²) in [5.41, 5.74) is 3.07. The van der Waals surface area contributed by atoms with Gasteiger partial charge in [0.25, 0.3) is 5.91 Å². The van der Waals surface area contributed by atoms with Gasteiger partial charge < -0.3 is 29.5 Å². The van der Waals surface area contributed by atoms with Crippen LogP contribution < -0.4 is 14.8 Å². The third-order valence-electron chi connectivity index (χ3n) is 8.32. The molecule has 1 N–H and O–H groups in total. The van der Waals surface area contributed by atoms with E-state index in [1.165, 1.54) is 5.56 Å². The van der Waals surface area contributed by atoms with Crippen molar-refractivity contribution in [2.45, 2.75) is 43.7 Å². The van der Waals surface area contributed by atoms with Gasteiger partial charge in [0.05, 0.1) is 6.04 Å². The number of piperidine rings is 1. The van der Waals surface area contributed by atoms with Crippen LogP contribution in [-0.2, 0) is 0 Å². The lowest BCUT2D eigenvalue weighted by Gasteiger charge is -2.40. The summed E-state index contributed by atoms with van der Waals surface area (Å²) in [5.74, 6) is 1.76. The van der Waals surface area contributed by atoms with Gasteiger partial charge in [-0.05, 0) is 61.6 Å². The number of rotatable bonds is 6. The molecule has 0 aliphatic carbocycles. The Kier molecular flexibility index (Phi) is 6.21. The summed E-state index contributed by atoms with van der Waals surface area (Å²) >= 11 is 0. The Bertz CT molecular complexity index is 1150. The van der Waals surface area contributed by atoms with Crippen molar-refractivity contribution < 1.29 is 19.1 Å². The van der Waals surface area contributed by atoms with Gasteiger partial charge in [0, 0.05) is 50.7 Å². The second-order valence-corrected chi connectivity index (χ2v) is 10.3. The van der Waals surface area contributed by atoms with Crippen LogP contribution in [0.15, 0.2) is 42.5 Å². The maximum Gasteiger partial charge on any atom is 0.317 e. The van der Waals surface area contributed by atoms with Crippen molar-refractivity contribution in [2.24, 2.45) is 0 Å². The highest BCUT2D eigenvalue weighted by Gasteiger charge is 2.40. The van der Waals surface area contributed by atoms with Crippen LogP contribution in [0.2, 0.25) is 0 Å². The van der Waals surface area contributed by atoms with Gasteiger partial charge in [-0.1, -0.05) is 24.3 Å². The molecule has 190 valence electrons. The van der Waals surface area contributed by atoms with Crippen molar-refractivity contribution >= 4 is 11.9 Å². The molecule has 4 aliphatic heterocycles. The fourth-order valence-corrected chi connectivity index (χ4v) is 6.38. The highest BCUT2D eigenvalue weighted by Crippen LogP contribution is 2.46. The van der Waals surface area contributed by atoms with Gasteiger partial charge in [-0.15, -0.1) is 0 Å². The molecule has 4 heterocycles. The number of hydrogen-bond donors (Lipinski definition) is 1. The van der Waals surface area contributed by atoms with E-state index in [2.05, 4.69) is 28.4 Å². The standard InChI is InChI=1S/C28H34N4O4/c1-30-26(22-5-2-3-6-23(22)27(30)33)21(19-7-8-24-25(17-19)36-18-35-24)11-16-31-14-9-20(10-15-31)32-13-4-12-29-28(32)34/h2-3,5-8,17,20-21,26H,4,9-16,18H2,1H3,(H,29,34). The minimum absolute atomic E-state index is 0.0244. The zero-order valence-corrected chi connectivity index (χ0v) is 20.8. The van der Waals surface area contributed by atoms with Crippen LogP contribution in [0.25, 0.3) is 0 Å². The zero-order chi connectivity index (χ0) is 24.6. The molecule has 6 rings (SSSR count). The fraction of sp³-hybridized carbons (Fsp3) is 0.500. The van der Waals surface area contributed by atoms with Crippen molar-refractivity contribution in [2.75, 3.05) is 46.6 Å². The maximum atomic E-state index is 13.1. The van der Waals surface area contributed by atoms with Crippen LogP contribution in [0, 0.1) is 0 Å². The number of ether oxygens (including phenoxy) is 2. The third kappa shape index (κ3) is 4.17. The average molecular weight is 491 g/mol. The molecular formula is C28H34N4O4. The van der Waals surface area contributed by atoms with E-state index in [0.717, 1.165) is 81.0 Å². The predicted molar refractivity (Wildman–Crippen MR) is 135 cm³/mol. The number of carbonyl (C=O) groups is 2. The molecule has 0 aromatic heterocycles. The molecule has 2 aromatic rings. The number of urea groups is 1. The normalized spacial score (nSPS) is 23.1. The van der Waals surface area contributed by atoms with Crippen LogP contribution in [0.1, 0.15) is 59.1 Å². The van der Waals surface area contributed by atoms with Gasteiger partial charge in [0.1, 0.15) is 0 Å². The summed E-state index contributed by atoms with van der Waals surface area (Å²) in [5, 5.41) is 2.99. The molecule has 2 atom stereocenters. The molecule has 2 aromatic carbocycles. The molecule has 0 bridgehead atoms. The molecule has 8 heteroatoms. The van der Waals surface area contributed by atoms with Gasteiger partial charge in [-0.25, -0.2) is 4.79 Å². The number of nitrogens with zero attached hydrogens (tertiary/aromatic N) is 3. The lowest BCUT2D eigenvalue weighted by Crippen LogP contribution is -2.54. The molecule has 3 amide bonds. The molecule has 2 unspecified atom stereocenters. The van der Waals surface area contributed by atoms with Crippen molar-refractivity contribution in [1.29, 1.82) is 0 Å². The van der Waals surface area contributed by atoms with Crippen LogP contribution in [-0.4, -0.2) is 79.2 Å². The average Bonchev–Trinajstić information content (AvgIpc) is 3.48.